The number of amides is 1. The zero-order chi connectivity index (χ0) is 21.0. The van der Waals surface area contributed by atoms with Crippen LogP contribution in [0.15, 0.2) is 28.9 Å². The molecule has 1 saturated heterocycles. The molecule has 1 unspecified atom stereocenters. The topological polar surface area (TPSA) is 69.0 Å². The minimum absolute atomic E-state index is 0.0945. The smallest absolute Gasteiger partial charge is 0.310 e. The third-order valence-electron chi connectivity index (χ3n) is 5.29. The first-order chi connectivity index (χ1) is 13.9. The standard InChI is InChI=1S/C23H29NO5/c1-5-27-20-12-21-19(16(4)14-29-21)11-18(20)15(3)10-22(25)24-9-7-8-17(13-24)23(26)28-6-2/h10-12,14,17H,5-9,13H2,1-4H3/b15-10+. The number of hydrogen-bond donors (Lipinski definition) is 0. The highest BCUT2D eigenvalue weighted by Crippen LogP contribution is 2.33. The van der Waals surface area contributed by atoms with E-state index in [0.29, 0.717) is 32.1 Å². The molecule has 0 aliphatic carbocycles. The van der Waals surface area contributed by atoms with Crippen molar-refractivity contribution in [2.75, 3.05) is 26.3 Å². The van der Waals surface area contributed by atoms with Gasteiger partial charge in [-0.2, -0.15) is 0 Å². The Bertz CT molecular complexity index is 927. The molecular weight excluding hydrogens is 370 g/mol. The van der Waals surface area contributed by atoms with E-state index in [0.717, 1.165) is 40.5 Å². The van der Waals surface area contributed by atoms with Crippen LogP contribution in [0.2, 0.25) is 0 Å². The van der Waals surface area contributed by atoms with Crippen LogP contribution in [0.4, 0.5) is 0 Å². The van der Waals surface area contributed by atoms with Crippen molar-refractivity contribution in [3.05, 3.63) is 35.6 Å². The van der Waals surface area contributed by atoms with E-state index in [-0.39, 0.29) is 17.8 Å². The number of likely N-dealkylation sites (tertiary alicyclic amines) is 1. The number of furan rings is 1. The number of carbonyl (C=O) groups excluding carboxylic acids is 2. The van der Waals surface area contributed by atoms with Gasteiger partial charge in [-0.3, -0.25) is 9.59 Å². The highest BCUT2D eigenvalue weighted by Gasteiger charge is 2.28. The summed E-state index contributed by atoms with van der Waals surface area (Å²) >= 11 is 0. The number of rotatable bonds is 6. The summed E-state index contributed by atoms with van der Waals surface area (Å²) in [5.74, 6) is 0.136. The molecule has 2 heterocycles. The lowest BCUT2D eigenvalue weighted by Crippen LogP contribution is -2.42. The number of hydrogen-bond acceptors (Lipinski definition) is 5. The first-order valence-corrected chi connectivity index (χ1v) is 10.2. The van der Waals surface area contributed by atoms with Gasteiger partial charge in [0, 0.05) is 36.2 Å². The molecule has 2 aromatic rings. The lowest BCUT2D eigenvalue weighted by molar-refractivity contribution is -0.150. The van der Waals surface area contributed by atoms with Gasteiger partial charge in [-0.05, 0) is 57.7 Å². The molecule has 1 atom stereocenters. The summed E-state index contributed by atoms with van der Waals surface area (Å²) in [6, 6.07) is 3.89. The van der Waals surface area contributed by atoms with Crippen molar-refractivity contribution >= 4 is 28.4 Å². The fourth-order valence-corrected chi connectivity index (χ4v) is 3.75. The second kappa shape index (κ2) is 9.16. The number of allylic oxidation sites excluding steroid dienone is 1. The van der Waals surface area contributed by atoms with Crippen LogP contribution >= 0.6 is 0 Å². The molecule has 1 amide bonds. The Morgan fingerprint density at radius 1 is 1.28 bits per heavy atom. The number of fused-ring (bicyclic) bond motifs is 1. The van der Waals surface area contributed by atoms with Crippen LogP contribution in [0.5, 0.6) is 5.75 Å². The van der Waals surface area contributed by atoms with Gasteiger partial charge in [-0.25, -0.2) is 0 Å². The SMILES string of the molecule is CCOC(=O)C1CCCN(C(=O)/C=C(\C)c2cc3c(C)coc3cc2OCC)C1. The van der Waals surface area contributed by atoms with Crippen molar-refractivity contribution < 1.29 is 23.5 Å². The molecule has 156 valence electrons. The molecule has 6 nitrogen and oxygen atoms in total. The predicted molar refractivity (Wildman–Crippen MR) is 112 cm³/mol. The second-order valence-electron chi connectivity index (χ2n) is 7.40. The zero-order valence-electron chi connectivity index (χ0n) is 17.6. The second-order valence-corrected chi connectivity index (χ2v) is 7.40. The van der Waals surface area contributed by atoms with Gasteiger partial charge in [0.05, 0.1) is 25.4 Å². The lowest BCUT2D eigenvalue weighted by Gasteiger charge is -2.31. The summed E-state index contributed by atoms with van der Waals surface area (Å²) in [5, 5.41) is 1.00. The normalized spacial score (nSPS) is 17.4. The monoisotopic (exact) mass is 399 g/mol. The fraction of sp³-hybridized carbons (Fsp3) is 0.478. The molecule has 0 saturated carbocycles. The maximum absolute atomic E-state index is 12.9. The number of carbonyl (C=O) groups is 2. The van der Waals surface area contributed by atoms with Crippen molar-refractivity contribution in [3.8, 4) is 5.75 Å². The van der Waals surface area contributed by atoms with Gasteiger partial charge in [-0.1, -0.05) is 0 Å². The molecule has 6 heteroatoms. The van der Waals surface area contributed by atoms with Crippen LogP contribution in [0.3, 0.4) is 0 Å². The summed E-state index contributed by atoms with van der Waals surface area (Å²) in [7, 11) is 0. The lowest BCUT2D eigenvalue weighted by atomic mass is 9.97. The van der Waals surface area contributed by atoms with Crippen molar-refractivity contribution in [1.82, 2.24) is 4.90 Å². The molecule has 0 N–H and O–H groups in total. The van der Waals surface area contributed by atoms with Crippen molar-refractivity contribution in [3.63, 3.8) is 0 Å². The van der Waals surface area contributed by atoms with Crippen LogP contribution < -0.4 is 4.74 Å². The maximum Gasteiger partial charge on any atom is 0.310 e. The van der Waals surface area contributed by atoms with Crippen LogP contribution in [-0.4, -0.2) is 43.1 Å². The summed E-state index contributed by atoms with van der Waals surface area (Å²) in [6.07, 6.45) is 4.91. The van der Waals surface area contributed by atoms with Crippen LogP contribution in [-0.2, 0) is 14.3 Å². The van der Waals surface area contributed by atoms with E-state index in [1.165, 1.54) is 0 Å². The minimum Gasteiger partial charge on any atom is -0.493 e. The van der Waals surface area contributed by atoms with E-state index in [4.69, 9.17) is 13.9 Å². The quantitative estimate of drug-likeness (QED) is 0.534. The number of piperidine rings is 1. The average molecular weight is 399 g/mol. The summed E-state index contributed by atoms with van der Waals surface area (Å²) in [5.41, 5.74) is 3.49. The molecule has 1 aliphatic rings. The fourth-order valence-electron chi connectivity index (χ4n) is 3.75. The molecule has 29 heavy (non-hydrogen) atoms. The Labute approximate surface area is 171 Å². The van der Waals surface area contributed by atoms with Gasteiger partial charge in [-0.15, -0.1) is 0 Å². The van der Waals surface area contributed by atoms with Crippen LogP contribution in [0, 0.1) is 12.8 Å². The van der Waals surface area contributed by atoms with E-state index in [1.54, 1.807) is 24.2 Å². The Kier molecular flexibility index (Phi) is 6.62. The number of esters is 1. The van der Waals surface area contributed by atoms with E-state index in [9.17, 15) is 9.59 Å². The van der Waals surface area contributed by atoms with Crippen molar-refractivity contribution in [2.24, 2.45) is 5.92 Å². The minimum atomic E-state index is -0.245. The van der Waals surface area contributed by atoms with E-state index in [1.807, 2.05) is 32.9 Å². The highest BCUT2D eigenvalue weighted by atomic mass is 16.5. The molecule has 1 aliphatic heterocycles. The third-order valence-corrected chi connectivity index (χ3v) is 5.29. The largest absolute Gasteiger partial charge is 0.493 e. The number of ether oxygens (including phenoxy) is 2. The van der Waals surface area contributed by atoms with Gasteiger partial charge in [0.2, 0.25) is 5.91 Å². The maximum atomic E-state index is 12.9. The Morgan fingerprint density at radius 2 is 2.07 bits per heavy atom. The average Bonchev–Trinajstić information content (AvgIpc) is 3.07. The predicted octanol–water partition coefficient (Wildman–Crippen LogP) is 4.34. The van der Waals surface area contributed by atoms with Crippen molar-refractivity contribution in [1.29, 1.82) is 0 Å². The summed E-state index contributed by atoms with van der Waals surface area (Å²) in [4.78, 5) is 26.7. The molecule has 0 spiro atoms. The Hall–Kier alpha value is -2.76. The molecule has 1 aromatic heterocycles. The highest BCUT2D eigenvalue weighted by molar-refractivity contribution is 5.97. The van der Waals surface area contributed by atoms with Gasteiger partial charge in [0.1, 0.15) is 11.3 Å². The summed E-state index contributed by atoms with van der Waals surface area (Å²) in [6.45, 7) is 9.55. The number of nitrogens with zero attached hydrogens (tertiary/aromatic N) is 1. The molecule has 0 bridgehead atoms. The van der Waals surface area contributed by atoms with Crippen LogP contribution in [0.1, 0.15) is 44.7 Å². The molecule has 1 fully saturated rings. The molecule has 0 radical (unpaired) electrons. The van der Waals surface area contributed by atoms with Crippen LogP contribution in [0.25, 0.3) is 16.5 Å². The Balaban J connectivity index is 1.84. The van der Waals surface area contributed by atoms with Gasteiger partial charge in [0.25, 0.3) is 0 Å². The summed E-state index contributed by atoms with van der Waals surface area (Å²) < 4.78 is 16.5. The van der Waals surface area contributed by atoms with E-state index in [2.05, 4.69) is 0 Å². The molecule has 3 rings (SSSR count). The van der Waals surface area contributed by atoms with Gasteiger partial charge < -0.3 is 18.8 Å². The van der Waals surface area contributed by atoms with Crippen molar-refractivity contribution in [2.45, 2.75) is 40.5 Å². The first-order valence-electron chi connectivity index (χ1n) is 10.2. The van der Waals surface area contributed by atoms with Gasteiger partial charge >= 0.3 is 5.97 Å². The van der Waals surface area contributed by atoms with Gasteiger partial charge in [0.15, 0.2) is 0 Å². The first kappa shape index (κ1) is 21.0. The van der Waals surface area contributed by atoms with E-state index < -0.39 is 0 Å². The third kappa shape index (κ3) is 4.63. The molecular formula is C23H29NO5. The Morgan fingerprint density at radius 3 is 2.79 bits per heavy atom. The van der Waals surface area contributed by atoms with E-state index >= 15 is 0 Å². The zero-order valence-corrected chi connectivity index (χ0v) is 17.6. The number of aryl methyl sites for hydroxylation is 1. The molecule has 1 aromatic carbocycles. The number of benzene rings is 1.